The van der Waals surface area contributed by atoms with Crippen LogP contribution in [0.25, 0.3) is 0 Å². The predicted octanol–water partition coefficient (Wildman–Crippen LogP) is 0.746. The largest absolute Gasteiger partial charge is 0.324 e. The van der Waals surface area contributed by atoms with Crippen molar-refractivity contribution in [2.24, 2.45) is 10.1 Å². The number of rotatable bonds is 3. The number of nitrogens with two attached hydrogens (primary N) is 1. The highest BCUT2D eigenvalue weighted by Crippen LogP contribution is 2.29. The maximum atomic E-state index is 12.8. The van der Waals surface area contributed by atoms with Crippen molar-refractivity contribution in [3.05, 3.63) is 48.7 Å². The van der Waals surface area contributed by atoms with E-state index >= 15 is 0 Å². The van der Waals surface area contributed by atoms with E-state index < -0.39 is 21.5 Å². The van der Waals surface area contributed by atoms with Gasteiger partial charge in [0.05, 0.1) is 11.3 Å². The lowest BCUT2D eigenvalue weighted by atomic mass is 9.91. The summed E-state index contributed by atoms with van der Waals surface area (Å²) < 4.78 is 22.6. The number of hydrogen-bond donors (Lipinski definition) is 2. The van der Waals surface area contributed by atoms with E-state index in [4.69, 9.17) is 5.14 Å². The van der Waals surface area contributed by atoms with E-state index in [0.29, 0.717) is 11.5 Å². The Labute approximate surface area is 144 Å². The fourth-order valence-corrected chi connectivity index (χ4v) is 3.19. The van der Waals surface area contributed by atoms with Gasteiger partial charge in [-0.1, -0.05) is 6.08 Å². The molecule has 0 fully saturated rings. The Bertz CT molecular complexity index is 931. The fraction of sp³-hybridized carbons (Fsp3) is 0.188. The first-order chi connectivity index (χ1) is 11.7. The van der Waals surface area contributed by atoms with E-state index in [1.165, 1.54) is 24.3 Å². The number of amides is 2. The van der Waals surface area contributed by atoms with Crippen LogP contribution in [0.3, 0.4) is 0 Å². The molecule has 2 aliphatic rings. The van der Waals surface area contributed by atoms with Crippen LogP contribution in [0.4, 0.5) is 5.69 Å². The van der Waals surface area contributed by atoms with Gasteiger partial charge in [-0.2, -0.15) is 4.99 Å². The molecule has 3 rings (SSSR count). The number of sulfonamides is 1. The summed E-state index contributed by atoms with van der Waals surface area (Å²) in [4.78, 5) is 30.2. The van der Waals surface area contributed by atoms with Crippen LogP contribution in [0.15, 0.2) is 58.6 Å². The molecule has 25 heavy (non-hydrogen) atoms. The third kappa shape index (κ3) is 3.24. The monoisotopic (exact) mass is 360 g/mol. The van der Waals surface area contributed by atoms with E-state index in [1.807, 2.05) is 0 Å². The molecule has 1 aromatic carbocycles. The average molecular weight is 360 g/mol. The fourth-order valence-electron chi connectivity index (χ4n) is 2.67. The van der Waals surface area contributed by atoms with Gasteiger partial charge in [0.2, 0.25) is 10.0 Å². The van der Waals surface area contributed by atoms with Crippen molar-refractivity contribution < 1.29 is 18.0 Å². The van der Waals surface area contributed by atoms with Crippen molar-refractivity contribution in [1.82, 2.24) is 4.90 Å². The van der Waals surface area contributed by atoms with E-state index in [9.17, 15) is 18.0 Å². The van der Waals surface area contributed by atoms with Gasteiger partial charge in [0.15, 0.2) is 0 Å². The summed E-state index contributed by atoms with van der Waals surface area (Å²) in [6.45, 7) is 1.65. The maximum Gasteiger partial charge on any atom is 0.250 e. The van der Waals surface area contributed by atoms with Crippen LogP contribution >= 0.6 is 0 Å². The van der Waals surface area contributed by atoms with Gasteiger partial charge >= 0.3 is 0 Å². The molecule has 0 saturated heterocycles. The standard InChI is InChI=1S/C16H16N4O4S/c1-16(10-14(21)19-13-4-2-3-9-20(13)16)15(22)18-11-5-7-12(8-6-11)25(17,23)24/h2-9H,10H2,1H3,(H,18,22)(H2,17,23,24). The van der Waals surface area contributed by atoms with E-state index in [-0.39, 0.29) is 17.2 Å². The summed E-state index contributed by atoms with van der Waals surface area (Å²) in [6, 6.07) is 5.48. The Morgan fingerprint density at radius 3 is 2.60 bits per heavy atom. The van der Waals surface area contributed by atoms with Gasteiger partial charge in [-0.3, -0.25) is 9.59 Å². The van der Waals surface area contributed by atoms with Gasteiger partial charge in [0, 0.05) is 11.9 Å². The van der Waals surface area contributed by atoms with E-state index in [1.54, 1.807) is 36.3 Å². The van der Waals surface area contributed by atoms with Crippen LogP contribution in [0.5, 0.6) is 0 Å². The third-order valence-electron chi connectivity index (χ3n) is 4.03. The minimum atomic E-state index is -3.80. The predicted molar refractivity (Wildman–Crippen MR) is 92.0 cm³/mol. The Balaban J connectivity index is 1.85. The number of carbonyl (C=O) groups is 2. The van der Waals surface area contributed by atoms with Crippen LogP contribution in [-0.4, -0.2) is 36.5 Å². The minimum Gasteiger partial charge on any atom is -0.324 e. The second-order valence-corrected chi connectivity index (χ2v) is 7.47. The Hall–Kier alpha value is -2.78. The maximum absolute atomic E-state index is 12.8. The zero-order valence-corrected chi connectivity index (χ0v) is 14.2. The molecule has 0 spiro atoms. The van der Waals surface area contributed by atoms with Gasteiger partial charge in [-0.25, -0.2) is 13.6 Å². The lowest BCUT2D eigenvalue weighted by Crippen LogP contribution is -2.58. The Morgan fingerprint density at radius 2 is 1.96 bits per heavy atom. The second kappa shape index (κ2) is 5.94. The molecular formula is C16H16N4O4S. The molecule has 2 amide bonds. The first-order valence-electron chi connectivity index (χ1n) is 7.40. The van der Waals surface area contributed by atoms with Crippen molar-refractivity contribution in [3.63, 3.8) is 0 Å². The number of amidine groups is 1. The summed E-state index contributed by atoms with van der Waals surface area (Å²) in [5.74, 6) is -0.383. The molecule has 130 valence electrons. The molecule has 0 saturated carbocycles. The van der Waals surface area contributed by atoms with E-state index in [2.05, 4.69) is 10.3 Å². The summed E-state index contributed by atoms with van der Waals surface area (Å²) in [6.07, 6.45) is 6.76. The smallest absolute Gasteiger partial charge is 0.250 e. The van der Waals surface area contributed by atoms with Crippen molar-refractivity contribution in [1.29, 1.82) is 0 Å². The van der Waals surface area contributed by atoms with Crippen molar-refractivity contribution in [2.45, 2.75) is 23.8 Å². The molecule has 2 aliphatic heterocycles. The molecule has 1 aromatic rings. The molecule has 0 bridgehead atoms. The molecular weight excluding hydrogens is 344 g/mol. The molecule has 0 aliphatic carbocycles. The number of fused-ring (bicyclic) bond motifs is 1. The number of benzene rings is 1. The highest BCUT2D eigenvalue weighted by atomic mass is 32.2. The van der Waals surface area contributed by atoms with E-state index in [0.717, 1.165) is 0 Å². The second-order valence-electron chi connectivity index (χ2n) is 5.91. The lowest BCUT2D eigenvalue weighted by molar-refractivity contribution is -0.130. The molecule has 0 radical (unpaired) electrons. The minimum absolute atomic E-state index is 0.0527. The van der Waals surface area contributed by atoms with Crippen LogP contribution in [-0.2, 0) is 19.6 Å². The topological polar surface area (TPSA) is 122 Å². The quantitative estimate of drug-likeness (QED) is 0.823. The first kappa shape index (κ1) is 17.1. The summed E-state index contributed by atoms with van der Waals surface area (Å²) in [7, 11) is -3.80. The van der Waals surface area contributed by atoms with Crippen molar-refractivity contribution in [3.8, 4) is 0 Å². The highest BCUT2D eigenvalue weighted by Gasteiger charge is 2.45. The molecule has 1 unspecified atom stereocenters. The molecule has 9 heteroatoms. The molecule has 8 nitrogen and oxygen atoms in total. The number of carbonyl (C=O) groups excluding carboxylic acids is 2. The first-order valence-corrected chi connectivity index (χ1v) is 8.95. The number of nitrogens with zero attached hydrogens (tertiary/aromatic N) is 2. The Kier molecular flexibility index (Phi) is 4.05. The summed E-state index contributed by atoms with van der Waals surface area (Å²) in [5.41, 5.74) is -0.750. The Morgan fingerprint density at radius 1 is 1.28 bits per heavy atom. The number of aliphatic imine (C=N–C) groups is 1. The number of nitrogens with one attached hydrogen (secondary N) is 1. The van der Waals surface area contributed by atoms with Crippen LogP contribution in [0.1, 0.15) is 13.3 Å². The number of hydrogen-bond acceptors (Lipinski definition) is 5. The van der Waals surface area contributed by atoms with Gasteiger partial charge in [-0.05, 0) is 43.3 Å². The molecule has 1 atom stereocenters. The van der Waals surface area contributed by atoms with Crippen LogP contribution in [0, 0.1) is 0 Å². The highest BCUT2D eigenvalue weighted by molar-refractivity contribution is 7.89. The zero-order valence-electron chi connectivity index (χ0n) is 13.3. The molecule has 3 N–H and O–H groups in total. The summed E-state index contributed by atoms with van der Waals surface area (Å²) >= 11 is 0. The van der Waals surface area contributed by atoms with Crippen LogP contribution in [0.2, 0.25) is 0 Å². The van der Waals surface area contributed by atoms with Crippen molar-refractivity contribution in [2.75, 3.05) is 5.32 Å². The molecule has 2 heterocycles. The number of primary sulfonamides is 1. The van der Waals surface area contributed by atoms with Gasteiger partial charge < -0.3 is 10.2 Å². The van der Waals surface area contributed by atoms with Gasteiger partial charge in [0.25, 0.3) is 11.8 Å². The van der Waals surface area contributed by atoms with Crippen LogP contribution < -0.4 is 10.5 Å². The molecule has 0 aromatic heterocycles. The third-order valence-corrected chi connectivity index (χ3v) is 4.96. The summed E-state index contributed by atoms with van der Waals surface area (Å²) in [5, 5.41) is 7.75. The van der Waals surface area contributed by atoms with Crippen molar-refractivity contribution >= 4 is 33.4 Å². The van der Waals surface area contributed by atoms with Gasteiger partial charge in [0.1, 0.15) is 11.4 Å². The SMILES string of the molecule is CC1(C(=O)Nc2ccc(S(N)(=O)=O)cc2)CC(=O)N=C2C=CC=CN21. The average Bonchev–Trinajstić information content (AvgIpc) is 2.54. The number of allylic oxidation sites excluding steroid dienone is 2. The van der Waals surface area contributed by atoms with Gasteiger partial charge in [-0.15, -0.1) is 0 Å². The zero-order chi connectivity index (χ0) is 18.2. The lowest BCUT2D eigenvalue weighted by Gasteiger charge is -2.41. The number of anilines is 1. The normalized spacial score (nSPS) is 22.4.